The molecule has 0 radical (unpaired) electrons. The van der Waals surface area contributed by atoms with Crippen molar-refractivity contribution in [3.05, 3.63) is 24.3 Å². The number of carbonyl (C=O) groups is 2. The van der Waals surface area contributed by atoms with Gasteiger partial charge >= 0.3 is 12.2 Å². The van der Waals surface area contributed by atoms with Crippen LogP contribution in [0.15, 0.2) is 24.3 Å². The fraction of sp³-hybridized carbons (Fsp3) is 0.385. The van der Waals surface area contributed by atoms with Crippen LogP contribution in [0.2, 0.25) is 0 Å². The van der Waals surface area contributed by atoms with Gasteiger partial charge in [-0.3, -0.25) is 0 Å². The summed E-state index contributed by atoms with van der Waals surface area (Å²) in [6.45, 7) is 3.83. The van der Waals surface area contributed by atoms with E-state index in [1.165, 1.54) is 14.1 Å². The van der Waals surface area contributed by atoms with Crippen LogP contribution in [0.1, 0.15) is 13.8 Å². The minimum Gasteiger partial charge on any atom is -0.487 e. The minimum absolute atomic E-state index is 0.0411. The Morgan fingerprint density at radius 1 is 1.10 bits per heavy atom. The first kappa shape index (κ1) is 17.6. The predicted molar refractivity (Wildman–Crippen MR) is 74.4 cm³/mol. The standard InChI is InChI=1S/C11H15NO3.C2H5NO2/c1-8(2)14-9-6-4-5-7-10(9)15-11(13)12-3;1-3-2(4)5/h4-8H,1-3H3,(H,12,13);3H,1H3,(H,4,5). The van der Waals surface area contributed by atoms with Crippen molar-refractivity contribution in [3.8, 4) is 11.5 Å². The van der Waals surface area contributed by atoms with Crippen molar-refractivity contribution in [3.63, 3.8) is 0 Å². The van der Waals surface area contributed by atoms with Crippen molar-refractivity contribution in [1.82, 2.24) is 10.6 Å². The Labute approximate surface area is 117 Å². The highest BCUT2D eigenvalue weighted by atomic mass is 16.6. The van der Waals surface area contributed by atoms with Gasteiger partial charge in [-0.05, 0) is 26.0 Å². The van der Waals surface area contributed by atoms with Gasteiger partial charge in [-0.25, -0.2) is 9.59 Å². The van der Waals surface area contributed by atoms with Crippen LogP contribution in [-0.4, -0.2) is 37.5 Å². The molecular weight excluding hydrogens is 264 g/mol. The van der Waals surface area contributed by atoms with E-state index in [4.69, 9.17) is 14.6 Å². The fourth-order valence-electron chi connectivity index (χ4n) is 1.04. The summed E-state index contributed by atoms with van der Waals surface area (Å²) in [4.78, 5) is 20.3. The number of carbonyl (C=O) groups excluding carboxylic acids is 1. The molecule has 0 aliphatic carbocycles. The van der Waals surface area contributed by atoms with Gasteiger partial charge in [-0.15, -0.1) is 0 Å². The van der Waals surface area contributed by atoms with Crippen LogP contribution < -0.4 is 20.1 Å². The monoisotopic (exact) mass is 284 g/mol. The van der Waals surface area contributed by atoms with Crippen LogP contribution in [0, 0.1) is 0 Å². The van der Waals surface area contributed by atoms with E-state index in [0.29, 0.717) is 11.5 Å². The summed E-state index contributed by atoms with van der Waals surface area (Å²) in [6, 6.07) is 7.06. The summed E-state index contributed by atoms with van der Waals surface area (Å²) in [5.74, 6) is 0.988. The van der Waals surface area contributed by atoms with Crippen LogP contribution in [-0.2, 0) is 0 Å². The summed E-state index contributed by atoms with van der Waals surface area (Å²) in [6.07, 6.45) is -1.46. The molecular formula is C13H20N2O5. The molecule has 0 saturated heterocycles. The largest absolute Gasteiger partial charge is 0.487 e. The van der Waals surface area contributed by atoms with E-state index in [9.17, 15) is 9.59 Å². The van der Waals surface area contributed by atoms with Gasteiger partial charge in [0.2, 0.25) is 0 Å². The number of carboxylic acid groups (broad SMARTS) is 1. The van der Waals surface area contributed by atoms with E-state index in [2.05, 4.69) is 5.32 Å². The maximum absolute atomic E-state index is 11.0. The molecule has 1 aromatic rings. The Hall–Kier alpha value is -2.44. The van der Waals surface area contributed by atoms with Crippen LogP contribution >= 0.6 is 0 Å². The second-order valence-electron chi connectivity index (χ2n) is 3.81. The molecule has 112 valence electrons. The van der Waals surface area contributed by atoms with Gasteiger partial charge in [0, 0.05) is 14.1 Å². The van der Waals surface area contributed by atoms with Gasteiger partial charge < -0.3 is 25.2 Å². The highest BCUT2D eigenvalue weighted by Crippen LogP contribution is 2.27. The maximum atomic E-state index is 11.0. The van der Waals surface area contributed by atoms with Crippen molar-refractivity contribution in [2.75, 3.05) is 14.1 Å². The zero-order valence-electron chi connectivity index (χ0n) is 12.0. The molecule has 0 aromatic heterocycles. The van der Waals surface area contributed by atoms with Crippen molar-refractivity contribution in [1.29, 1.82) is 0 Å². The molecule has 0 saturated carbocycles. The van der Waals surface area contributed by atoms with Crippen LogP contribution in [0.25, 0.3) is 0 Å². The number of para-hydroxylation sites is 2. The number of nitrogens with one attached hydrogen (secondary N) is 2. The molecule has 0 atom stereocenters. The Kier molecular flexibility index (Phi) is 8.33. The second-order valence-corrected chi connectivity index (χ2v) is 3.81. The molecule has 3 N–H and O–H groups in total. The molecule has 0 unspecified atom stereocenters. The molecule has 0 bridgehead atoms. The normalized spacial score (nSPS) is 9.05. The first-order chi connectivity index (χ1) is 9.40. The van der Waals surface area contributed by atoms with Gasteiger partial charge in [0.25, 0.3) is 0 Å². The quantitative estimate of drug-likeness (QED) is 0.789. The van der Waals surface area contributed by atoms with Gasteiger partial charge in [0.05, 0.1) is 6.10 Å². The van der Waals surface area contributed by atoms with Crippen molar-refractivity contribution >= 4 is 12.2 Å². The van der Waals surface area contributed by atoms with E-state index in [0.717, 1.165) is 0 Å². The summed E-state index contributed by atoms with van der Waals surface area (Å²) in [7, 11) is 2.86. The van der Waals surface area contributed by atoms with Gasteiger partial charge in [0.15, 0.2) is 11.5 Å². The molecule has 0 aliphatic heterocycles. The molecule has 1 aromatic carbocycles. The summed E-state index contributed by atoms with van der Waals surface area (Å²) in [5, 5.41) is 11.9. The summed E-state index contributed by atoms with van der Waals surface area (Å²) in [5.41, 5.74) is 0. The molecule has 0 heterocycles. The lowest BCUT2D eigenvalue weighted by molar-refractivity contribution is 0.193. The molecule has 2 amide bonds. The predicted octanol–water partition coefficient (Wildman–Crippen LogP) is 2.08. The Morgan fingerprint density at radius 3 is 2.00 bits per heavy atom. The summed E-state index contributed by atoms with van der Waals surface area (Å²) < 4.78 is 10.5. The second kappa shape index (κ2) is 9.48. The first-order valence-electron chi connectivity index (χ1n) is 5.96. The number of hydrogen-bond donors (Lipinski definition) is 3. The zero-order chi connectivity index (χ0) is 15.5. The Bertz CT molecular complexity index is 435. The molecule has 7 nitrogen and oxygen atoms in total. The van der Waals surface area contributed by atoms with Crippen LogP contribution in [0.3, 0.4) is 0 Å². The molecule has 20 heavy (non-hydrogen) atoms. The average molecular weight is 284 g/mol. The third kappa shape index (κ3) is 7.80. The SMILES string of the molecule is CNC(=O)O.CNC(=O)Oc1ccccc1OC(C)C. The van der Waals surface area contributed by atoms with E-state index >= 15 is 0 Å². The fourth-order valence-corrected chi connectivity index (χ4v) is 1.04. The van der Waals surface area contributed by atoms with Crippen LogP contribution in [0.5, 0.6) is 11.5 Å². The van der Waals surface area contributed by atoms with E-state index in [1.807, 2.05) is 25.2 Å². The zero-order valence-corrected chi connectivity index (χ0v) is 12.0. The smallest absolute Gasteiger partial charge is 0.412 e. The van der Waals surface area contributed by atoms with E-state index < -0.39 is 12.2 Å². The van der Waals surface area contributed by atoms with Gasteiger partial charge in [-0.2, -0.15) is 0 Å². The molecule has 0 fully saturated rings. The van der Waals surface area contributed by atoms with E-state index in [1.54, 1.807) is 18.2 Å². The molecule has 7 heteroatoms. The molecule has 0 spiro atoms. The average Bonchev–Trinajstić information content (AvgIpc) is 2.41. The highest BCUT2D eigenvalue weighted by molar-refractivity contribution is 5.70. The lowest BCUT2D eigenvalue weighted by atomic mass is 10.3. The lowest BCUT2D eigenvalue weighted by Crippen LogP contribution is -2.22. The van der Waals surface area contributed by atoms with Gasteiger partial charge in [-0.1, -0.05) is 12.1 Å². The minimum atomic E-state index is -0.995. The highest BCUT2D eigenvalue weighted by Gasteiger charge is 2.09. The third-order valence-electron chi connectivity index (χ3n) is 1.83. The topological polar surface area (TPSA) is 96.9 Å². The number of amides is 2. The number of ether oxygens (including phenoxy) is 2. The van der Waals surface area contributed by atoms with Crippen molar-refractivity contribution in [2.45, 2.75) is 20.0 Å². The Balaban J connectivity index is 0.000000621. The lowest BCUT2D eigenvalue weighted by Gasteiger charge is -2.13. The Morgan fingerprint density at radius 2 is 1.60 bits per heavy atom. The van der Waals surface area contributed by atoms with Crippen molar-refractivity contribution < 1.29 is 24.2 Å². The maximum Gasteiger partial charge on any atom is 0.412 e. The van der Waals surface area contributed by atoms with Crippen LogP contribution in [0.4, 0.5) is 9.59 Å². The first-order valence-corrected chi connectivity index (χ1v) is 5.96. The number of benzene rings is 1. The number of hydrogen-bond acceptors (Lipinski definition) is 4. The number of rotatable bonds is 3. The molecule has 1 rings (SSSR count). The molecule has 0 aliphatic rings. The summed E-state index contributed by atoms with van der Waals surface area (Å²) >= 11 is 0. The van der Waals surface area contributed by atoms with E-state index in [-0.39, 0.29) is 6.10 Å². The third-order valence-corrected chi connectivity index (χ3v) is 1.83. The van der Waals surface area contributed by atoms with Crippen molar-refractivity contribution in [2.24, 2.45) is 0 Å². The van der Waals surface area contributed by atoms with Gasteiger partial charge in [0.1, 0.15) is 0 Å².